The monoisotopic (exact) mass is 284 g/mol. The van der Waals surface area contributed by atoms with Gasteiger partial charge in [-0.1, -0.05) is 66.7 Å². The van der Waals surface area contributed by atoms with E-state index in [-0.39, 0.29) is 11.6 Å². The minimum Gasteiger partial charge on any atom is -0.289 e. The summed E-state index contributed by atoms with van der Waals surface area (Å²) in [6.07, 6.45) is 0. The quantitative estimate of drug-likeness (QED) is 0.519. The van der Waals surface area contributed by atoms with Gasteiger partial charge >= 0.3 is 0 Å². The summed E-state index contributed by atoms with van der Waals surface area (Å²) in [5.74, 6) is -0.0690. The summed E-state index contributed by atoms with van der Waals surface area (Å²) in [7, 11) is 0. The molecule has 3 aromatic carbocycles. The standard InChI is InChI=1S/C20H12O2/c21-19(13-6-2-1-3-7-13)14-10-11-16-15-8-4-5-9-17(15)20(22)18(16)12-14/h1-12H. The Morgan fingerprint density at radius 1 is 0.591 bits per heavy atom. The predicted molar refractivity (Wildman–Crippen MR) is 85.2 cm³/mol. The van der Waals surface area contributed by atoms with Gasteiger partial charge in [0.05, 0.1) is 0 Å². The normalized spacial score (nSPS) is 11.9. The highest BCUT2D eigenvalue weighted by Crippen LogP contribution is 2.36. The number of rotatable bonds is 2. The fraction of sp³-hybridized carbons (Fsp3) is 0. The maximum atomic E-state index is 12.5. The van der Waals surface area contributed by atoms with Crippen LogP contribution in [0.15, 0.2) is 72.8 Å². The van der Waals surface area contributed by atoms with Crippen LogP contribution in [0, 0.1) is 0 Å². The van der Waals surface area contributed by atoms with Crippen molar-refractivity contribution in [3.05, 3.63) is 95.1 Å². The van der Waals surface area contributed by atoms with Crippen molar-refractivity contribution in [3.8, 4) is 11.1 Å². The molecule has 22 heavy (non-hydrogen) atoms. The van der Waals surface area contributed by atoms with Gasteiger partial charge in [-0.05, 0) is 17.2 Å². The molecular formula is C20H12O2. The third-order valence-electron chi connectivity index (χ3n) is 4.02. The number of benzene rings is 3. The molecule has 1 aliphatic carbocycles. The molecule has 4 rings (SSSR count). The van der Waals surface area contributed by atoms with Crippen molar-refractivity contribution < 1.29 is 9.59 Å². The Kier molecular flexibility index (Phi) is 2.76. The lowest BCUT2D eigenvalue weighted by Gasteiger charge is -2.04. The molecule has 1 aliphatic rings. The fourth-order valence-corrected chi connectivity index (χ4v) is 2.93. The van der Waals surface area contributed by atoms with E-state index in [0.29, 0.717) is 22.3 Å². The van der Waals surface area contributed by atoms with Gasteiger partial charge in [0.15, 0.2) is 11.6 Å². The molecule has 0 amide bonds. The first-order chi connectivity index (χ1) is 10.8. The van der Waals surface area contributed by atoms with E-state index in [2.05, 4.69) is 0 Å². The van der Waals surface area contributed by atoms with E-state index in [9.17, 15) is 9.59 Å². The Balaban J connectivity index is 1.82. The van der Waals surface area contributed by atoms with Gasteiger partial charge in [-0.2, -0.15) is 0 Å². The summed E-state index contributed by atoms with van der Waals surface area (Å²) >= 11 is 0. The minimum atomic E-state index is -0.0628. The van der Waals surface area contributed by atoms with Gasteiger partial charge < -0.3 is 0 Å². The number of hydrogen-bond donors (Lipinski definition) is 0. The van der Waals surface area contributed by atoms with E-state index in [1.54, 1.807) is 24.3 Å². The van der Waals surface area contributed by atoms with Crippen LogP contribution in [0.4, 0.5) is 0 Å². The van der Waals surface area contributed by atoms with Crippen molar-refractivity contribution in [1.82, 2.24) is 0 Å². The zero-order chi connectivity index (χ0) is 15.1. The largest absolute Gasteiger partial charge is 0.289 e. The Morgan fingerprint density at radius 2 is 1.23 bits per heavy atom. The van der Waals surface area contributed by atoms with Crippen LogP contribution < -0.4 is 0 Å². The first kappa shape index (κ1) is 12.7. The van der Waals surface area contributed by atoms with E-state index in [4.69, 9.17) is 0 Å². The zero-order valence-electron chi connectivity index (χ0n) is 11.7. The molecule has 0 heterocycles. The van der Waals surface area contributed by atoms with Crippen LogP contribution in [0.2, 0.25) is 0 Å². The lowest BCUT2D eigenvalue weighted by Crippen LogP contribution is -2.03. The van der Waals surface area contributed by atoms with Crippen LogP contribution >= 0.6 is 0 Å². The van der Waals surface area contributed by atoms with Gasteiger partial charge in [0, 0.05) is 22.3 Å². The van der Waals surface area contributed by atoms with Crippen LogP contribution in [-0.4, -0.2) is 11.6 Å². The highest BCUT2D eigenvalue weighted by Gasteiger charge is 2.27. The summed E-state index contributed by atoms with van der Waals surface area (Å²) in [6.45, 7) is 0. The van der Waals surface area contributed by atoms with Gasteiger partial charge in [-0.3, -0.25) is 9.59 Å². The van der Waals surface area contributed by atoms with Gasteiger partial charge in [-0.15, -0.1) is 0 Å². The molecule has 0 saturated heterocycles. The van der Waals surface area contributed by atoms with E-state index in [0.717, 1.165) is 11.1 Å². The SMILES string of the molecule is O=C(c1ccccc1)c1ccc2c(c1)C(=O)c1ccccc1-2. The van der Waals surface area contributed by atoms with Crippen LogP contribution in [0.3, 0.4) is 0 Å². The third-order valence-corrected chi connectivity index (χ3v) is 4.02. The van der Waals surface area contributed by atoms with Crippen molar-refractivity contribution in [3.63, 3.8) is 0 Å². The Morgan fingerprint density at radius 3 is 2.00 bits per heavy atom. The fourth-order valence-electron chi connectivity index (χ4n) is 2.93. The summed E-state index contributed by atoms with van der Waals surface area (Å²) in [5, 5.41) is 0. The van der Waals surface area contributed by atoms with Crippen LogP contribution in [0.1, 0.15) is 31.8 Å². The van der Waals surface area contributed by atoms with Crippen molar-refractivity contribution in [2.45, 2.75) is 0 Å². The molecule has 2 nitrogen and oxygen atoms in total. The Hall–Kier alpha value is -3.00. The van der Waals surface area contributed by atoms with Crippen LogP contribution in [0.5, 0.6) is 0 Å². The van der Waals surface area contributed by atoms with Crippen molar-refractivity contribution in [1.29, 1.82) is 0 Å². The van der Waals surface area contributed by atoms with Gasteiger partial charge in [-0.25, -0.2) is 0 Å². The lowest BCUT2D eigenvalue weighted by molar-refractivity contribution is 0.103. The van der Waals surface area contributed by atoms with E-state index < -0.39 is 0 Å². The average molecular weight is 284 g/mol. The number of carbonyl (C=O) groups is 2. The summed E-state index contributed by atoms with van der Waals surface area (Å²) in [6, 6.07) is 22.0. The molecule has 0 saturated carbocycles. The average Bonchev–Trinajstić information content (AvgIpc) is 2.88. The smallest absolute Gasteiger partial charge is 0.194 e. The van der Waals surface area contributed by atoms with Crippen LogP contribution in [-0.2, 0) is 0 Å². The molecular weight excluding hydrogens is 272 g/mol. The number of hydrogen-bond acceptors (Lipinski definition) is 2. The molecule has 0 radical (unpaired) electrons. The summed E-state index contributed by atoms with van der Waals surface area (Å²) < 4.78 is 0. The molecule has 0 N–H and O–H groups in total. The third kappa shape index (κ3) is 1.81. The second kappa shape index (κ2) is 4.78. The van der Waals surface area contributed by atoms with Gasteiger partial charge in [0.1, 0.15) is 0 Å². The first-order valence-corrected chi connectivity index (χ1v) is 7.13. The molecule has 0 aromatic heterocycles. The highest BCUT2D eigenvalue weighted by atomic mass is 16.1. The Bertz CT molecular complexity index is 908. The number of carbonyl (C=O) groups excluding carboxylic acids is 2. The Labute approximate surface area is 128 Å². The topological polar surface area (TPSA) is 34.1 Å². The van der Waals surface area contributed by atoms with Crippen molar-refractivity contribution in [2.75, 3.05) is 0 Å². The highest BCUT2D eigenvalue weighted by molar-refractivity contribution is 6.23. The van der Waals surface area contributed by atoms with Crippen molar-refractivity contribution >= 4 is 11.6 Å². The number of fused-ring (bicyclic) bond motifs is 3. The first-order valence-electron chi connectivity index (χ1n) is 7.13. The second-order valence-corrected chi connectivity index (χ2v) is 5.33. The minimum absolute atomic E-state index is 0.00619. The molecule has 3 aromatic rings. The summed E-state index contributed by atoms with van der Waals surface area (Å²) in [4.78, 5) is 25.0. The molecule has 0 bridgehead atoms. The molecule has 0 aliphatic heterocycles. The maximum absolute atomic E-state index is 12.5. The molecule has 0 spiro atoms. The summed E-state index contributed by atoms with van der Waals surface area (Å²) in [5.41, 5.74) is 4.35. The van der Waals surface area contributed by atoms with E-state index in [1.807, 2.05) is 48.5 Å². The zero-order valence-corrected chi connectivity index (χ0v) is 11.7. The molecule has 0 unspecified atom stereocenters. The molecule has 0 fully saturated rings. The van der Waals surface area contributed by atoms with E-state index >= 15 is 0 Å². The number of ketones is 2. The molecule has 2 heteroatoms. The maximum Gasteiger partial charge on any atom is 0.194 e. The molecule has 0 atom stereocenters. The van der Waals surface area contributed by atoms with Gasteiger partial charge in [0.2, 0.25) is 0 Å². The van der Waals surface area contributed by atoms with Gasteiger partial charge in [0.25, 0.3) is 0 Å². The molecule has 104 valence electrons. The van der Waals surface area contributed by atoms with Crippen LogP contribution in [0.25, 0.3) is 11.1 Å². The second-order valence-electron chi connectivity index (χ2n) is 5.33. The lowest BCUT2D eigenvalue weighted by atomic mass is 9.98. The van der Waals surface area contributed by atoms with Crippen molar-refractivity contribution in [2.24, 2.45) is 0 Å². The van der Waals surface area contributed by atoms with E-state index in [1.165, 1.54) is 0 Å². The predicted octanol–water partition coefficient (Wildman–Crippen LogP) is 4.13.